The second-order valence-electron chi connectivity index (χ2n) is 4.84. The van der Waals surface area contributed by atoms with Crippen molar-refractivity contribution in [1.82, 2.24) is 4.90 Å². The summed E-state index contributed by atoms with van der Waals surface area (Å²) in [5.41, 5.74) is 7.11. The Kier molecular flexibility index (Phi) is 4.33. The van der Waals surface area contributed by atoms with Gasteiger partial charge in [0.15, 0.2) is 0 Å². The van der Waals surface area contributed by atoms with E-state index >= 15 is 0 Å². The minimum Gasteiger partial charge on any atom is -0.391 e. The summed E-state index contributed by atoms with van der Waals surface area (Å²) < 4.78 is 0. The number of aliphatic hydroxyl groups excluding tert-OH is 1. The molecule has 98 valence electrons. The van der Waals surface area contributed by atoms with Crippen LogP contribution in [0.25, 0.3) is 0 Å². The van der Waals surface area contributed by atoms with E-state index in [-0.39, 0.29) is 18.1 Å². The molecule has 0 spiro atoms. The molecule has 0 bridgehead atoms. The maximum Gasteiger partial charge on any atom is 0.222 e. The van der Waals surface area contributed by atoms with Crippen LogP contribution in [0, 0.1) is 0 Å². The molecule has 2 rings (SSSR count). The summed E-state index contributed by atoms with van der Waals surface area (Å²) in [4.78, 5) is 13.6. The molecule has 0 aromatic heterocycles. The SMILES string of the molecule is NC(CCC(=O)N1CC[C@H](O)C1)c1ccccc1. The van der Waals surface area contributed by atoms with Crippen LogP contribution in [-0.2, 0) is 4.79 Å². The average Bonchev–Trinajstić information content (AvgIpc) is 2.83. The molecule has 1 fully saturated rings. The highest BCUT2D eigenvalue weighted by Gasteiger charge is 2.24. The molecule has 3 N–H and O–H groups in total. The van der Waals surface area contributed by atoms with Gasteiger partial charge in [0.1, 0.15) is 0 Å². The van der Waals surface area contributed by atoms with Crippen molar-refractivity contribution < 1.29 is 9.90 Å². The van der Waals surface area contributed by atoms with E-state index in [0.29, 0.717) is 32.4 Å². The number of likely N-dealkylation sites (tertiary alicyclic amines) is 1. The number of carbonyl (C=O) groups is 1. The van der Waals surface area contributed by atoms with E-state index in [4.69, 9.17) is 5.73 Å². The van der Waals surface area contributed by atoms with Crippen molar-refractivity contribution in [2.75, 3.05) is 13.1 Å². The molecule has 1 unspecified atom stereocenters. The fraction of sp³-hybridized carbons (Fsp3) is 0.500. The first kappa shape index (κ1) is 13.1. The Bertz CT molecular complexity index is 394. The molecule has 1 aromatic rings. The molecule has 0 radical (unpaired) electrons. The number of nitrogens with two attached hydrogens (primary N) is 1. The van der Waals surface area contributed by atoms with Crippen LogP contribution in [-0.4, -0.2) is 35.1 Å². The van der Waals surface area contributed by atoms with Gasteiger partial charge in [-0.05, 0) is 18.4 Å². The van der Waals surface area contributed by atoms with Crippen molar-refractivity contribution >= 4 is 5.91 Å². The van der Waals surface area contributed by atoms with Crippen molar-refractivity contribution in [2.45, 2.75) is 31.4 Å². The number of hydrogen-bond acceptors (Lipinski definition) is 3. The summed E-state index contributed by atoms with van der Waals surface area (Å²) in [6.07, 6.45) is 1.44. The maximum atomic E-state index is 11.9. The molecule has 4 heteroatoms. The van der Waals surface area contributed by atoms with Crippen LogP contribution in [0.5, 0.6) is 0 Å². The van der Waals surface area contributed by atoms with E-state index in [0.717, 1.165) is 5.56 Å². The van der Waals surface area contributed by atoms with Gasteiger partial charge in [0.2, 0.25) is 5.91 Å². The van der Waals surface area contributed by atoms with Gasteiger partial charge in [0, 0.05) is 25.6 Å². The largest absolute Gasteiger partial charge is 0.391 e. The lowest BCUT2D eigenvalue weighted by molar-refractivity contribution is -0.130. The topological polar surface area (TPSA) is 66.6 Å². The molecule has 0 aliphatic carbocycles. The highest BCUT2D eigenvalue weighted by Crippen LogP contribution is 2.17. The van der Waals surface area contributed by atoms with Crippen LogP contribution in [0.15, 0.2) is 30.3 Å². The lowest BCUT2D eigenvalue weighted by atomic mass is 10.0. The number of aliphatic hydroxyl groups is 1. The number of carbonyl (C=O) groups excluding carboxylic acids is 1. The van der Waals surface area contributed by atoms with Crippen molar-refractivity contribution in [3.63, 3.8) is 0 Å². The van der Waals surface area contributed by atoms with E-state index in [2.05, 4.69) is 0 Å². The summed E-state index contributed by atoms with van der Waals surface area (Å²) >= 11 is 0. The van der Waals surface area contributed by atoms with Crippen LogP contribution in [0.3, 0.4) is 0 Å². The third-order valence-electron chi connectivity index (χ3n) is 3.41. The molecule has 0 saturated carbocycles. The normalized spacial score (nSPS) is 21.0. The van der Waals surface area contributed by atoms with Gasteiger partial charge in [0.05, 0.1) is 6.10 Å². The van der Waals surface area contributed by atoms with Gasteiger partial charge in [-0.1, -0.05) is 30.3 Å². The fourth-order valence-corrected chi connectivity index (χ4v) is 2.27. The number of nitrogens with zero attached hydrogens (tertiary/aromatic N) is 1. The van der Waals surface area contributed by atoms with Gasteiger partial charge in [-0.25, -0.2) is 0 Å². The molecular formula is C14H20N2O2. The summed E-state index contributed by atoms with van der Waals surface area (Å²) in [5.74, 6) is 0.0953. The number of benzene rings is 1. The molecule has 1 amide bonds. The molecule has 1 saturated heterocycles. The molecular weight excluding hydrogens is 228 g/mol. The Hall–Kier alpha value is -1.39. The number of rotatable bonds is 4. The zero-order chi connectivity index (χ0) is 13.0. The highest BCUT2D eigenvalue weighted by atomic mass is 16.3. The molecule has 1 aliphatic heterocycles. The monoisotopic (exact) mass is 248 g/mol. The minimum absolute atomic E-state index is 0.0947. The van der Waals surface area contributed by atoms with E-state index in [9.17, 15) is 9.90 Å². The third kappa shape index (κ3) is 3.31. The highest BCUT2D eigenvalue weighted by molar-refractivity contribution is 5.76. The molecule has 1 aliphatic rings. The Morgan fingerprint density at radius 1 is 1.44 bits per heavy atom. The maximum absolute atomic E-state index is 11.9. The van der Waals surface area contributed by atoms with Crippen molar-refractivity contribution in [2.24, 2.45) is 5.73 Å². The first-order valence-electron chi connectivity index (χ1n) is 6.43. The molecule has 2 atom stereocenters. The van der Waals surface area contributed by atoms with Crippen LogP contribution in [0.1, 0.15) is 30.9 Å². The first-order valence-corrected chi connectivity index (χ1v) is 6.43. The summed E-state index contributed by atoms with van der Waals surface area (Å²) in [6.45, 7) is 1.14. The Morgan fingerprint density at radius 2 is 2.17 bits per heavy atom. The summed E-state index contributed by atoms with van der Waals surface area (Å²) in [7, 11) is 0. The summed E-state index contributed by atoms with van der Waals surface area (Å²) in [6, 6.07) is 9.72. The van der Waals surface area contributed by atoms with Gasteiger partial charge < -0.3 is 15.7 Å². The zero-order valence-electron chi connectivity index (χ0n) is 10.5. The van der Waals surface area contributed by atoms with Crippen LogP contribution >= 0.6 is 0 Å². The summed E-state index contributed by atoms with van der Waals surface area (Å²) in [5, 5.41) is 9.39. The van der Waals surface area contributed by atoms with E-state index in [1.54, 1.807) is 4.90 Å². The Morgan fingerprint density at radius 3 is 2.78 bits per heavy atom. The van der Waals surface area contributed by atoms with Gasteiger partial charge in [-0.15, -0.1) is 0 Å². The van der Waals surface area contributed by atoms with E-state index in [1.165, 1.54) is 0 Å². The van der Waals surface area contributed by atoms with Crippen molar-refractivity contribution in [1.29, 1.82) is 0 Å². The number of hydrogen-bond donors (Lipinski definition) is 2. The Balaban J connectivity index is 1.79. The molecule has 1 aromatic carbocycles. The Labute approximate surface area is 107 Å². The van der Waals surface area contributed by atoms with Gasteiger partial charge in [-0.2, -0.15) is 0 Å². The van der Waals surface area contributed by atoms with Gasteiger partial charge in [0.25, 0.3) is 0 Å². The third-order valence-corrected chi connectivity index (χ3v) is 3.41. The van der Waals surface area contributed by atoms with Crippen LogP contribution in [0.4, 0.5) is 0 Å². The van der Waals surface area contributed by atoms with Gasteiger partial charge >= 0.3 is 0 Å². The van der Waals surface area contributed by atoms with Crippen molar-refractivity contribution in [3.8, 4) is 0 Å². The average molecular weight is 248 g/mol. The lowest BCUT2D eigenvalue weighted by Crippen LogP contribution is -2.30. The quantitative estimate of drug-likeness (QED) is 0.837. The van der Waals surface area contributed by atoms with Gasteiger partial charge in [-0.3, -0.25) is 4.79 Å². The molecule has 1 heterocycles. The predicted molar refractivity (Wildman–Crippen MR) is 69.8 cm³/mol. The zero-order valence-corrected chi connectivity index (χ0v) is 10.5. The lowest BCUT2D eigenvalue weighted by Gasteiger charge is -2.17. The second-order valence-corrected chi connectivity index (χ2v) is 4.84. The second kappa shape index (κ2) is 5.98. The van der Waals surface area contributed by atoms with Crippen LogP contribution < -0.4 is 5.73 Å². The minimum atomic E-state index is -0.350. The number of β-amino-alcohol motifs (C(OH)–C–C–N with tert-alkyl or cyclic N) is 1. The van der Waals surface area contributed by atoms with Crippen molar-refractivity contribution in [3.05, 3.63) is 35.9 Å². The fourth-order valence-electron chi connectivity index (χ4n) is 2.27. The standard InChI is InChI=1S/C14H20N2O2/c15-13(11-4-2-1-3-5-11)6-7-14(18)16-9-8-12(17)10-16/h1-5,12-13,17H,6-10,15H2/t12-,13?/m0/s1. The predicted octanol–water partition coefficient (Wildman–Crippen LogP) is 1.06. The van der Waals surface area contributed by atoms with E-state index in [1.807, 2.05) is 30.3 Å². The molecule has 18 heavy (non-hydrogen) atoms. The van der Waals surface area contributed by atoms with E-state index < -0.39 is 0 Å². The number of amides is 1. The smallest absolute Gasteiger partial charge is 0.222 e. The van der Waals surface area contributed by atoms with Crippen LogP contribution in [0.2, 0.25) is 0 Å². The molecule has 4 nitrogen and oxygen atoms in total. The first-order chi connectivity index (χ1) is 8.66.